The molecule has 0 spiro atoms. The Hall–Kier alpha value is -4.30. The quantitative estimate of drug-likeness (QED) is 0.238. The summed E-state index contributed by atoms with van der Waals surface area (Å²) < 4.78 is 4.83. The maximum Gasteiger partial charge on any atom is 0.0548 e. The Kier molecular flexibility index (Phi) is 4.81. The van der Waals surface area contributed by atoms with Crippen LogP contribution in [0.25, 0.3) is 55.0 Å². The van der Waals surface area contributed by atoms with Crippen LogP contribution in [0.2, 0.25) is 0 Å². The van der Waals surface area contributed by atoms with Crippen molar-refractivity contribution in [3.8, 4) is 11.4 Å². The van der Waals surface area contributed by atoms with E-state index in [0.29, 0.717) is 0 Å². The second-order valence-corrected chi connectivity index (χ2v) is 10.7. The van der Waals surface area contributed by atoms with Gasteiger partial charge in [0, 0.05) is 32.9 Å². The number of hydrogen-bond acceptors (Lipinski definition) is 0. The molecule has 0 radical (unpaired) electrons. The zero-order valence-electron chi connectivity index (χ0n) is 21.6. The summed E-state index contributed by atoms with van der Waals surface area (Å²) in [6, 6.07) is 42.2. The Morgan fingerprint density at radius 3 is 1.46 bits per heavy atom. The highest BCUT2D eigenvalue weighted by Gasteiger charge is 2.20. The highest BCUT2D eigenvalue weighted by molar-refractivity contribution is 6.18. The first-order chi connectivity index (χ1) is 18.1. The van der Waals surface area contributed by atoms with E-state index in [4.69, 9.17) is 0 Å². The Morgan fingerprint density at radius 2 is 0.946 bits per heavy atom. The molecular weight excluding hydrogens is 448 g/mol. The molecule has 2 heterocycles. The molecule has 180 valence electrons. The average molecular weight is 479 g/mol. The van der Waals surface area contributed by atoms with Gasteiger partial charge in [0.1, 0.15) is 0 Å². The van der Waals surface area contributed by atoms with Crippen LogP contribution in [0, 0.1) is 0 Å². The molecule has 0 fully saturated rings. The first kappa shape index (κ1) is 21.9. The lowest BCUT2D eigenvalue weighted by Gasteiger charge is -2.23. The molecule has 0 aliphatic rings. The number of fused-ring (bicyclic) bond motifs is 6. The van der Waals surface area contributed by atoms with Gasteiger partial charge < -0.3 is 9.13 Å². The maximum atomic E-state index is 2.43. The molecule has 0 amide bonds. The van der Waals surface area contributed by atoms with Crippen LogP contribution in [-0.2, 0) is 5.41 Å². The zero-order chi connectivity index (χ0) is 25.1. The fourth-order valence-electron chi connectivity index (χ4n) is 5.83. The maximum absolute atomic E-state index is 2.43. The van der Waals surface area contributed by atoms with Crippen LogP contribution in [-0.4, -0.2) is 9.13 Å². The zero-order valence-corrected chi connectivity index (χ0v) is 21.6. The fraction of sp³-hybridized carbons (Fsp3) is 0.143. The van der Waals surface area contributed by atoms with Crippen molar-refractivity contribution >= 4 is 43.6 Å². The molecule has 0 unspecified atom stereocenters. The summed E-state index contributed by atoms with van der Waals surface area (Å²) in [5.41, 5.74) is 8.90. The highest BCUT2D eigenvalue weighted by atomic mass is 15.0. The summed E-state index contributed by atoms with van der Waals surface area (Å²) in [5, 5.41) is 5.11. The van der Waals surface area contributed by atoms with E-state index in [2.05, 4.69) is 145 Å². The molecule has 0 bridgehead atoms. The molecule has 0 saturated carbocycles. The third-order valence-corrected chi connectivity index (χ3v) is 8.27. The molecule has 2 heteroatoms. The van der Waals surface area contributed by atoms with Gasteiger partial charge in [0.2, 0.25) is 0 Å². The minimum absolute atomic E-state index is 0.171. The van der Waals surface area contributed by atoms with E-state index in [9.17, 15) is 0 Å². The predicted octanol–water partition coefficient (Wildman–Crippen LogP) is 9.57. The molecule has 37 heavy (non-hydrogen) atoms. The van der Waals surface area contributed by atoms with Crippen molar-refractivity contribution in [2.24, 2.45) is 0 Å². The number of para-hydroxylation sites is 3. The smallest absolute Gasteiger partial charge is 0.0548 e. The molecule has 2 nitrogen and oxygen atoms in total. The largest absolute Gasteiger partial charge is 0.309 e. The number of hydrogen-bond donors (Lipinski definition) is 0. The molecule has 0 aliphatic carbocycles. The van der Waals surface area contributed by atoms with Crippen molar-refractivity contribution in [3.05, 3.63) is 121 Å². The second kappa shape index (κ2) is 8.11. The molecule has 0 atom stereocenters. The summed E-state index contributed by atoms with van der Waals surface area (Å²) in [6.07, 6.45) is 1.12. The normalized spacial score (nSPS) is 12.3. The Labute approximate surface area is 217 Å². The van der Waals surface area contributed by atoms with Gasteiger partial charge in [-0.3, -0.25) is 0 Å². The van der Waals surface area contributed by atoms with Crippen molar-refractivity contribution in [2.45, 2.75) is 32.6 Å². The molecule has 7 rings (SSSR count). The van der Waals surface area contributed by atoms with Crippen LogP contribution < -0.4 is 0 Å². The summed E-state index contributed by atoms with van der Waals surface area (Å²) in [6.45, 7) is 6.90. The van der Waals surface area contributed by atoms with Crippen molar-refractivity contribution in [2.75, 3.05) is 0 Å². The molecule has 0 aliphatic heterocycles. The topological polar surface area (TPSA) is 9.86 Å². The van der Waals surface area contributed by atoms with Gasteiger partial charge in [0.25, 0.3) is 0 Å². The minimum Gasteiger partial charge on any atom is -0.309 e. The van der Waals surface area contributed by atoms with Gasteiger partial charge in [-0.25, -0.2) is 0 Å². The van der Waals surface area contributed by atoms with Crippen molar-refractivity contribution < 1.29 is 0 Å². The highest BCUT2D eigenvalue weighted by Crippen LogP contribution is 2.39. The summed E-state index contributed by atoms with van der Waals surface area (Å²) in [7, 11) is 0. The molecule has 0 N–H and O–H groups in total. The lowest BCUT2D eigenvalue weighted by molar-refractivity contribution is 0.506. The number of aromatic nitrogens is 2. The van der Waals surface area contributed by atoms with E-state index in [1.165, 1.54) is 60.5 Å². The summed E-state index contributed by atoms with van der Waals surface area (Å²) in [5.74, 6) is 0. The first-order valence-electron chi connectivity index (χ1n) is 13.2. The number of benzene rings is 5. The molecule has 5 aromatic carbocycles. The minimum atomic E-state index is 0.171. The van der Waals surface area contributed by atoms with E-state index >= 15 is 0 Å². The second-order valence-electron chi connectivity index (χ2n) is 10.7. The van der Waals surface area contributed by atoms with Gasteiger partial charge >= 0.3 is 0 Å². The van der Waals surface area contributed by atoms with Crippen LogP contribution in [0.5, 0.6) is 0 Å². The van der Waals surface area contributed by atoms with E-state index < -0.39 is 0 Å². The third kappa shape index (κ3) is 3.25. The van der Waals surface area contributed by atoms with Crippen LogP contribution >= 0.6 is 0 Å². The van der Waals surface area contributed by atoms with Crippen molar-refractivity contribution in [1.29, 1.82) is 0 Å². The van der Waals surface area contributed by atoms with Gasteiger partial charge in [-0.05, 0) is 65.9 Å². The molecular formula is C35H30N2. The monoisotopic (exact) mass is 478 g/mol. The lowest BCUT2D eigenvalue weighted by Crippen LogP contribution is -2.15. The average Bonchev–Trinajstić information content (AvgIpc) is 3.44. The van der Waals surface area contributed by atoms with Crippen molar-refractivity contribution in [3.63, 3.8) is 0 Å². The van der Waals surface area contributed by atoms with Crippen LogP contribution in [0.15, 0.2) is 115 Å². The van der Waals surface area contributed by atoms with Gasteiger partial charge in [0.05, 0.1) is 22.1 Å². The van der Waals surface area contributed by atoms with Gasteiger partial charge in [-0.15, -0.1) is 0 Å². The standard InChI is InChI=1S/C35H30N2/c1-4-35(2,3)24-18-20-26(21-19-24)37-32-17-11-9-15-28(32)30-22-33-29(23-34(30)37)27-14-8-10-16-31(27)36(33)25-12-6-5-7-13-25/h5-23H,4H2,1-3H3. The summed E-state index contributed by atoms with van der Waals surface area (Å²) in [4.78, 5) is 0. The number of rotatable bonds is 4. The predicted molar refractivity (Wildman–Crippen MR) is 158 cm³/mol. The van der Waals surface area contributed by atoms with E-state index in [0.717, 1.165) is 6.42 Å². The third-order valence-electron chi connectivity index (χ3n) is 8.27. The van der Waals surface area contributed by atoms with Crippen molar-refractivity contribution in [1.82, 2.24) is 9.13 Å². The first-order valence-corrected chi connectivity index (χ1v) is 13.2. The Morgan fingerprint density at radius 1 is 0.486 bits per heavy atom. The summed E-state index contributed by atoms with van der Waals surface area (Å²) >= 11 is 0. The van der Waals surface area contributed by atoms with E-state index in [1.54, 1.807) is 0 Å². The van der Waals surface area contributed by atoms with Gasteiger partial charge in [0.15, 0.2) is 0 Å². The molecule has 7 aromatic rings. The Balaban J connectivity index is 1.57. The molecule has 2 aromatic heterocycles. The SMILES string of the molecule is CCC(C)(C)c1ccc(-n2c3ccccc3c3cc4c(cc32)c2ccccc2n4-c2ccccc2)cc1. The van der Waals surface area contributed by atoms with Crippen LogP contribution in [0.1, 0.15) is 32.8 Å². The Bertz CT molecular complexity index is 1920. The molecule has 0 saturated heterocycles. The fourth-order valence-corrected chi connectivity index (χ4v) is 5.83. The van der Waals surface area contributed by atoms with E-state index in [-0.39, 0.29) is 5.41 Å². The van der Waals surface area contributed by atoms with Crippen LogP contribution in [0.3, 0.4) is 0 Å². The number of nitrogens with zero attached hydrogens (tertiary/aromatic N) is 2. The van der Waals surface area contributed by atoms with Gasteiger partial charge in [-0.2, -0.15) is 0 Å². The lowest BCUT2D eigenvalue weighted by atomic mass is 9.82. The van der Waals surface area contributed by atoms with Crippen LogP contribution in [0.4, 0.5) is 0 Å². The van der Waals surface area contributed by atoms with E-state index in [1.807, 2.05) is 0 Å². The van der Waals surface area contributed by atoms with Gasteiger partial charge in [-0.1, -0.05) is 87.5 Å².